The van der Waals surface area contributed by atoms with Crippen LogP contribution in [0, 0.1) is 5.95 Å². The van der Waals surface area contributed by atoms with Crippen LogP contribution in [-0.2, 0) is 0 Å². The molecule has 0 unspecified atom stereocenters. The van der Waals surface area contributed by atoms with Crippen molar-refractivity contribution in [3.05, 3.63) is 36.4 Å². The molecule has 0 radical (unpaired) electrons. The fourth-order valence-electron chi connectivity index (χ4n) is 1.29. The van der Waals surface area contributed by atoms with Crippen molar-refractivity contribution < 1.29 is 9.13 Å². The second kappa shape index (κ2) is 3.01. The van der Waals surface area contributed by atoms with E-state index in [1.54, 1.807) is 13.2 Å². The number of hydrogen-bond donors (Lipinski definition) is 0. The number of pyridine rings is 1. The van der Waals surface area contributed by atoms with E-state index in [0.717, 1.165) is 10.8 Å². The van der Waals surface area contributed by atoms with Gasteiger partial charge in [0.2, 0.25) is 5.95 Å². The number of aromatic nitrogens is 1. The van der Waals surface area contributed by atoms with Gasteiger partial charge in [-0.3, -0.25) is 0 Å². The quantitative estimate of drug-likeness (QED) is 0.624. The van der Waals surface area contributed by atoms with Crippen LogP contribution in [0.1, 0.15) is 0 Å². The average Bonchev–Trinajstić information content (AvgIpc) is 2.17. The van der Waals surface area contributed by atoms with Gasteiger partial charge >= 0.3 is 0 Å². The predicted molar refractivity (Wildman–Crippen MR) is 48.3 cm³/mol. The molecular weight excluding hydrogens is 169 g/mol. The Bertz CT molecular complexity index is 442. The summed E-state index contributed by atoms with van der Waals surface area (Å²) < 4.78 is 17.9. The lowest BCUT2D eigenvalue weighted by Gasteiger charge is -2.03. The molecule has 0 saturated heterocycles. The van der Waals surface area contributed by atoms with Crippen LogP contribution in [0.4, 0.5) is 4.39 Å². The van der Waals surface area contributed by atoms with Crippen LogP contribution >= 0.6 is 0 Å². The third kappa shape index (κ3) is 1.33. The van der Waals surface area contributed by atoms with Gasteiger partial charge in [-0.2, -0.15) is 4.39 Å². The van der Waals surface area contributed by atoms with Crippen LogP contribution < -0.4 is 4.74 Å². The fourth-order valence-corrected chi connectivity index (χ4v) is 1.29. The van der Waals surface area contributed by atoms with Crippen molar-refractivity contribution >= 4 is 10.8 Å². The number of nitrogens with zero attached hydrogens (tertiary/aromatic N) is 1. The number of rotatable bonds is 1. The molecule has 1 aromatic heterocycles. The van der Waals surface area contributed by atoms with Crippen molar-refractivity contribution in [3.63, 3.8) is 0 Å². The Morgan fingerprint density at radius 1 is 1.38 bits per heavy atom. The molecule has 0 amide bonds. The van der Waals surface area contributed by atoms with Gasteiger partial charge < -0.3 is 4.74 Å². The minimum Gasteiger partial charge on any atom is -0.496 e. The monoisotopic (exact) mass is 177 g/mol. The smallest absolute Gasteiger partial charge is 0.213 e. The van der Waals surface area contributed by atoms with Crippen LogP contribution in [0.2, 0.25) is 0 Å². The highest BCUT2D eigenvalue weighted by atomic mass is 19.1. The van der Waals surface area contributed by atoms with Crippen molar-refractivity contribution in [3.8, 4) is 5.75 Å². The first kappa shape index (κ1) is 7.98. The number of hydrogen-bond acceptors (Lipinski definition) is 2. The van der Waals surface area contributed by atoms with Gasteiger partial charge in [0.05, 0.1) is 7.11 Å². The first-order chi connectivity index (χ1) is 6.31. The zero-order valence-corrected chi connectivity index (χ0v) is 7.12. The molecule has 0 atom stereocenters. The number of ether oxygens (including phenoxy) is 1. The minimum atomic E-state index is -0.489. The normalized spacial score (nSPS) is 10.3. The lowest BCUT2D eigenvalue weighted by Crippen LogP contribution is -1.87. The van der Waals surface area contributed by atoms with Gasteiger partial charge in [0.15, 0.2) is 0 Å². The molecule has 3 heteroatoms. The molecule has 0 aliphatic heterocycles. The molecule has 66 valence electrons. The van der Waals surface area contributed by atoms with Crippen LogP contribution in [0.15, 0.2) is 30.5 Å². The van der Waals surface area contributed by atoms with Gasteiger partial charge in [-0.25, -0.2) is 4.98 Å². The van der Waals surface area contributed by atoms with Gasteiger partial charge in [0.1, 0.15) is 5.75 Å². The first-order valence-electron chi connectivity index (χ1n) is 3.89. The van der Waals surface area contributed by atoms with E-state index in [0.29, 0.717) is 5.75 Å². The number of benzene rings is 1. The van der Waals surface area contributed by atoms with E-state index < -0.39 is 5.95 Å². The maximum Gasteiger partial charge on any atom is 0.213 e. The summed E-state index contributed by atoms with van der Waals surface area (Å²) in [6, 6.07) is 6.88. The SMILES string of the molecule is COc1cccc2cnc(F)cc12. The van der Waals surface area contributed by atoms with Gasteiger partial charge in [-0.1, -0.05) is 12.1 Å². The molecule has 13 heavy (non-hydrogen) atoms. The summed E-state index contributed by atoms with van der Waals surface area (Å²) >= 11 is 0. The molecule has 0 fully saturated rings. The topological polar surface area (TPSA) is 22.1 Å². The maximum absolute atomic E-state index is 12.8. The molecule has 0 aliphatic rings. The Morgan fingerprint density at radius 3 is 3.00 bits per heavy atom. The zero-order chi connectivity index (χ0) is 9.26. The second-order valence-electron chi connectivity index (χ2n) is 2.69. The highest BCUT2D eigenvalue weighted by Crippen LogP contribution is 2.24. The number of fused-ring (bicyclic) bond motifs is 1. The lowest BCUT2D eigenvalue weighted by atomic mass is 10.1. The summed E-state index contributed by atoms with van der Waals surface area (Å²) in [6.07, 6.45) is 1.49. The third-order valence-electron chi connectivity index (χ3n) is 1.91. The first-order valence-corrected chi connectivity index (χ1v) is 3.89. The maximum atomic E-state index is 12.8. The molecule has 2 aromatic rings. The average molecular weight is 177 g/mol. The van der Waals surface area contributed by atoms with Gasteiger partial charge in [0, 0.05) is 23.0 Å². The van der Waals surface area contributed by atoms with Crippen LogP contribution in [-0.4, -0.2) is 12.1 Å². The molecule has 0 aliphatic carbocycles. The van der Waals surface area contributed by atoms with E-state index in [2.05, 4.69) is 4.98 Å². The van der Waals surface area contributed by atoms with Crippen molar-refractivity contribution in [2.24, 2.45) is 0 Å². The van der Waals surface area contributed by atoms with Crippen LogP contribution in [0.3, 0.4) is 0 Å². The Balaban J connectivity index is 2.79. The Labute approximate surface area is 75.0 Å². The minimum absolute atomic E-state index is 0.489. The highest BCUT2D eigenvalue weighted by Gasteiger charge is 2.01. The third-order valence-corrected chi connectivity index (χ3v) is 1.91. The molecular formula is C10H8FNO. The zero-order valence-electron chi connectivity index (χ0n) is 7.12. The van der Waals surface area contributed by atoms with Gasteiger partial charge in [0.25, 0.3) is 0 Å². The summed E-state index contributed by atoms with van der Waals surface area (Å²) in [5, 5.41) is 1.62. The van der Waals surface area contributed by atoms with Crippen molar-refractivity contribution in [1.29, 1.82) is 0 Å². The molecule has 1 heterocycles. The van der Waals surface area contributed by atoms with Crippen molar-refractivity contribution in [1.82, 2.24) is 4.98 Å². The standard InChI is InChI=1S/C10H8FNO/c1-13-9-4-2-3-7-6-12-10(11)5-8(7)9/h2-6H,1H3. The number of halogens is 1. The largest absolute Gasteiger partial charge is 0.496 e. The van der Waals surface area contributed by atoms with E-state index in [-0.39, 0.29) is 0 Å². The second-order valence-corrected chi connectivity index (χ2v) is 2.69. The Morgan fingerprint density at radius 2 is 2.23 bits per heavy atom. The van der Waals surface area contributed by atoms with Gasteiger partial charge in [-0.05, 0) is 6.07 Å². The van der Waals surface area contributed by atoms with E-state index in [9.17, 15) is 4.39 Å². The van der Waals surface area contributed by atoms with E-state index >= 15 is 0 Å². The van der Waals surface area contributed by atoms with E-state index in [1.807, 2.05) is 12.1 Å². The van der Waals surface area contributed by atoms with Crippen molar-refractivity contribution in [2.45, 2.75) is 0 Å². The summed E-state index contributed by atoms with van der Waals surface area (Å²) in [6.45, 7) is 0. The number of methoxy groups -OCH3 is 1. The molecule has 0 spiro atoms. The molecule has 1 aromatic carbocycles. The Kier molecular flexibility index (Phi) is 1.85. The van der Waals surface area contributed by atoms with Crippen LogP contribution in [0.25, 0.3) is 10.8 Å². The van der Waals surface area contributed by atoms with Crippen molar-refractivity contribution in [2.75, 3.05) is 7.11 Å². The highest BCUT2D eigenvalue weighted by molar-refractivity contribution is 5.87. The summed E-state index contributed by atoms with van der Waals surface area (Å²) in [7, 11) is 1.56. The molecule has 2 rings (SSSR count). The molecule has 0 bridgehead atoms. The van der Waals surface area contributed by atoms with E-state index in [4.69, 9.17) is 4.74 Å². The fraction of sp³-hybridized carbons (Fsp3) is 0.100. The molecule has 0 N–H and O–H groups in total. The van der Waals surface area contributed by atoms with E-state index in [1.165, 1.54) is 12.3 Å². The summed E-state index contributed by atoms with van der Waals surface area (Å²) in [4.78, 5) is 3.56. The lowest BCUT2D eigenvalue weighted by molar-refractivity contribution is 0.419. The molecule has 2 nitrogen and oxygen atoms in total. The molecule has 0 saturated carbocycles. The summed E-state index contributed by atoms with van der Waals surface area (Å²) in [5.41, 5.74) is 0. The van der Waals surface area contributed by atoms with Gasteiger partial charge in [-0.15, -0.1) is 0 Å². The predicted octanol–water partition coefficient (Wildman–Crippen LogP) is 2.38. The van der Waals surface area contributed by atoms with Crippen LogP contribution in [0.5, 0.6) is 5.75 Å². The summed E-state index contributed by atoms with van der Waals surface area (Å²) in [5.74, 6) is 0.177. The Hall–Kier alpha value is -1.64.